The topological polar surface area (TPSA) is 59.4 Å². The summed E-state index contributed by atoms with van der Waals surface area (Å²) in [5, 5.41) is 2.95. The molecule has 2 aromatic carbocycles. The molecule has 0 spiro atoms. The minimum Gasteiger partial charge on any atom is -0.379 e. The molecular weight excluding hydrogens is 359 g/mol. The van der Waals surface area contributed by atoms with Crippen LogP contribution < -0.4 is 5.32 Å². The molecule has 28 heavy (non-hydrogen) atoms. The maximum Gasteiger partial charge on any atom is 0.242 e. The molecule has 0 radical (unpaired) electrons. The minimum absolute atomic E-state index is 0.237. The van der Waals surface area contributed by atoms with E-state index in [1.54, 1.807) is 18.2 Å². The highest BCUT2D eigenvalue weighted by Gasteiger charge is 2.31. The standard InChI is InChI=1S/C21H23FN4O2/c1-25-18-9-5-4-8-17(18)24-19(25)14-23-21(27)20(26-10-12-28-13-11-26)15-6-2-3-7-16(15)22/h2-9,20H,10-14H2,1H3,(H,23,27). The third-order valence-electron chi connectivity index (χ3n) is 5.16. The molecule has 3 aromatic rings. The van der Waals surface area contributed by atoms with Crippen molar-refractivity contribution in [2.24, 2.45) is 7.05 Å². The number of carbonyl (C=O) groups excluding carboxylic acids is 1. The Hall–Kier alpha value is -2.77. The number of carbonyl (C=O) groups is 1. The molecule has 0 bridgehead atoms. The summed E-state index contributed by atoms with van der Waals surface area (Å²) in [6.45, 7) is 2.50. The Balaban J connectivity index is 1.56. The number of para-hydroxylation sites is 2. The number of ether oxygens (including phenoxy) is 1. The highest BCUT2D eigenvalue weighted by molar-refractivity contribution is 5.83. The number of hydrogen-bond acceptors (Lipinski definition) is 4. The van der Waals surface area contributed by atoms with E-state index in [9.17, 15) is 9.18 Å². The van der Waals surface area contributed by atoms with Gasteiger partial charge in [0.15, 0.2) is 0 Å². The van der Waals surface area contributed by atoms with Crippen molar-refractivity contribution in [3.05, 3.63) is 65.7 Å². The van der Waals surface area contributed by atoms with Gasteiger partial charge in [0.2, 0.25) is 5.91 Å². The van der Waals surface area contributed by atoms with Crippen LogP contribution in [0.3, 0.4) is 0 Å². The van der Waals surface area contributed by atoms with E-state index < -0.39 is 6.04 Å². The molecule has 0 saturated carbocycles. The molecule has 1 aliphatic rings. The molecule has 1 amide bonds. The van der Waals surface area contributed by atoms with E-state index >= 15 is 0 Å². The van der Waals surface area contributed by atoms with E-state index in [2.05, 4.69) is 10.3 Å². The fourth-order valence-corrected chi connectivity index (χ4v) is 3.65. The van der Waals surface area contributed by atoms with Gasteiger partial charge in [0, 0.05) is 25.7 Å². The monoisotopic (exact) mass is 382 g/mol. The first kappa shape index (κ1) is 18.6. The molecule has 2 heterocycles. The first-order chi connectivity index (χ1) is 13.6. The van der Waals surface area contributed by atoms with Gasteiger partial charge < -0.3 is 14.6 Å². The lowest BCUT2D eigenvalue weighted by Crippen LogP contribution is -2.46. The Morgan fingerprint density at radius 2 is 1.89 bits per heavy atom. The van der Waals surface area contributed by atoms with E-state index in [0.29, 0.717) is 31.9 Å². The predicted molar refractivity (Wildman–Crippen MR) is 104 cm³/mol. The molecule has 1 N–H and O–H groups in total. The van der Waals surface area contributed by atoms with Crippen LogP contribution >= 0.6 is 0 Å². The van der Waals surface area contributed by atoms with Crippen molar-refractivity contribution in [3.8, 4) is 0 Å². The summed E-state index contributed by atoms with van der Waals surface area (Å²) >= 11 is 0. The van der Waals surface area contributed by atoms with Crippen LogP contribution in [0.4, 0.5) is 4.39 Å². The van der Waals surface area contributed by atoms with E-state index in [4.69, 9.17) is 4.74 Å². The largest absolute Gasteiger partial charge is 0.379 e. The third-order valence-corrected chi connectivity index (χ3v) is 5.16. The average molecular weight is 382 g/mol. The Kier molecular flexibility index (Phi) is 5.36. The Bertz CT molecular complexity index is 981. The van der Waals surface area contributed by atoms with Crippen LogP contribution in [0.5, 0.6) is 0 Å². The first-order valence-electron chi connectivity index (χ1n) is 9.39. The van der Waals surface area contributed by atoms with Crippen molar-refractivity contribution < 1.29 is 13.9 Å². The number of aromatic nitrogens is 2. The number of imidazole rings is 1. The Labute approximate surface area is 162 Å². The van der Waals surface area contributed by atoms with Gasteiger partial charge in [-0.3, -0.25) is 9.69 Å². The molecular formula is C21H23FN4O2. The summed E-state index contributed by atoms with van der Waals surface area (Å²) in [4.78, 5) is 19.6. The second kappa shape index (κ2) is 8.08. The highest BCUT2D eigenvalue weighted by Crippen LogP contribution is 2.25. The molecule has 1 atom stereocenters. The number of rotatable bonds is 5. The van der Waals surface area contributed by atoms with Crippen molar-refractivity contribution in [3.63, 3.8) is 0 Å². The van der Waals surface area contributed by atoms with Gasteiger partial charge in [0.1, 0.15) is 17.7 Å². The molecule has 1 aromatic heterocycles. The fourth-order valence-electron chi connectivity index (χ4n) is 3.65. The third kappa shape index (κ3) is 3.63. The number of hydrogen-bond donors (Lipinski definition) is 1. The van der Waals surface area contributed by atoms with E-state index in [1.165, 1.54) is 6.07 Å². The maximum absolute atomic E-state index is 14.5. The number of nitrogens with one attached hydrogen (secondary N) is 1. The van der Waals surface area contributed by atoms with Gasteiger partial charge in [0.05, 0.1) is 30.8 Å². The van der Waals surface area contributed by atoms with Crippen LogP contribution in [0.15, 0.2) is 48.5 Å². The van der Waals surface area contributed by atoms with Crippen molar-refractivity contribution >= 4 is 16.9 Å². The van der Waals surface area contributed by atoms with Gasteiger partial charge in [-0.2, -0.15) is 0 Å². The van der Waals surface area contributed by atoms with Crippen molar-refractivity contribution in [2.45, 2.75) is 12.6 Å². The average Bonchev–Trinajstić information content (AvgIpc) is 3.05. The second-order valence-corrected chi connectivity index (χ2v) is 6.87. The number of morpholine rings is 1. The summed E-state index contributed by atoms with van der Waals surface area (Å²) in [6, 6.07) is 13.6. The highest BCUT2D eigenvalue weighted by atomic mass is 19.1. The number of amides is 1. The summed E-state index contributed by atoms with van der Waals surface area (Å²) in [5.74, 6) is 0.139. The lowest BCUT2D eigenvalue weighted by Gasteiger charge is -2.33. The molecule has 0 aliphatic carbocycles. The lowest BCUT2D eigenvalue weighted by molar-refractivity contribution is -0.128. The molecule has 1 fully saturated rings. The van der Waals surface area contributed by atoms with Crippen molar-refractivity contribution in [2.75, 3.05) is 26.3 Å². The van der Waals surface area contributed by atoms with Crippen LogP contribution in [0, 0.1) is 5.82 Å². The predicted octanol–water partition coefficient (Wildman–Crippen LogP) is 2.40. The molecule has 146 valence electrons. The van der Waals surface area contributed by atoms with Crippen LogP contribution in [0.2, 0.25) is 0 Å². The zero-order valence-electron chi connectivity index (χ0n) is 15.8. The van der Waals surface area contributed by atoms with Crippen LogP contribution in [0.1, 0.15) is 17.4 Å². The molecule has 1 unspecified atom stereocenters. The second-order valence-electron chi connectivity index (χ2n) is 6.87. The van der Waals surface area contributed by atoms with E-state index in [1.807, 2.05) is 40.8 Å². The van der Waals surface area contributed by atoms with Crippen LogP contribution in [0.25, 0.3) is 11.0 Å². The van der Waals surface area contributed by atoms with Gasteiger partial charge in [-0.05, 0) is 18.2 Å². The van der Waals surface area contributed by atoms with E-state index in [-0.39, 0.29) is 18.3 Å². The number of benzene rings is 2. The van der Waals surface area contributed by atoms with Crippen molar-refractivity contribution in [1.29, 1.82) is 0 Å². The number of nitrogens with zero attached hydrogens (tertiary/aromatic N) is 3. The molecule has 1 aliphatic heterocycles. The van der Waals surface area contributed by atoms with Gasteiger partial charge >= 0.3 is 0 Å². The van der Waals surface area contributed by atoms with Crippen molar-refractivity contribution in [1.82, 2.24) is 19.8 Å². The van der Waals surface area contributed by atoms with Gasteiger partial charge in [-0.1, -0.05) is 30.3 Å². The normalized spacial score (nSPS) is 16.2. The Morgan fingerprint density at radius 3 is 2.64 bits per heavy atom. The summed E-state index contributed by atoms with van der Waals surface area (Å²) in [5.41, 5.74) is 2.27. The zero-order chi connectivity index (χ0) is 19.5. The zero-order valence-corrected chi connectivity index (χ0v) is 15.8. The number of halogens is 1. The fraction of sp³-hybridized carbons (Fsp3) is 0.333. The quantitative estimate of drug-likeness (QED) is 0.736. The van der Waals surface area contributed by atoms with Crippen LogP contribution in [-0.4, -0.2) is 46.7 Å². The minimum atomic E-state index is -0.695. The maximum atomic E-state index is 14.5. The SMILES string of the molecule is Cn1c(CNC(=O)C(c2ccccc2F)N2CCOCC2)nc2ccccc21. The molecule has 4 rings (SSSR count). The number of fused-ring (bicyclic) bond motifs is 1. The summed E-state index contributed by atoms with van der Waals surface area (Å²) in [7, 11) is 1.92. The molecule has 6 nitrogen and oxygen atoms in total. The first-order valence-corrected chi connectivity index (χ1v) is 9.39. The molecule has 7 heteroatoms. The Morgan fingerprint density at radius 1 is 1.18 bits per heavy atom. The van der Waals surface area contributed by atoms with Gasteiger partial charge in [-0.15, -0.1) is 0 Å². The summed E-state index contributed by atoms with van der Waals surface area (Å²) in [6.07, 6.45) is 0. The smallest absolute Gasteiger partial charge is 0.242 e. The van der Waals surface area contributed by atoms with Crippen LogP contribution in [-0.2, 0) is 23.1 Å². The van der Waals surface area contributed by atoms with Gasteiger partial charge in [0.25, 0.3) is 0 Å². The van der Waals surface area contributed by atoms with Gasteiger partial charge in [-0.25, -0.2) is 9.37 Å². The molecule has 1 saturated heterocycles. The number of aryl methyl sites for hydroxylation is 1. The van der Waals surface area contributed by atoms with E-state index in [0.717, 1.165) is 16.9 Å². The lowest BCUT2D eigenvalue weighted by atomic mass is 10.0. The summed E-state index contributed by atoms with van der Waals surface area (Å²) < 4.78 is 21.8.